The molecule has 0 bridgehead atoms. The Balaban J connectivity index is 1.77. The maximum Gasteiger partial charge on any atom is 0.129 e. The number of ether oxygens (including phenoxy) is 1. The van der Waals surface area contributed by atoms with Crippen LogP contribution in [0.2, 0.25) is 5.02 Å². The van der Waals surface area contributed by atoms with Crippen LogP contribution in [0.1, 0.15) is 22.6 Å². The van der Waals surface area contributed by atoms with Crippen molar-refractivity contribution in [2.75, 3.05) is 11.9 Å². The summed E-state index contributed by atoms with van der Waals surface area (Å²) in [6.45, 7) is 0.574. The van der Waals surface area contributed by atoms with E-state index in [1.54, 1.807) is 0 Å². The van der Waals surface area contributed by atoms with Gasteiger partial charge in [-0.2, -0.15) is 0 Å². The second-order valence-corrected chi connectivity index (χ2v) is 6.82. The number of hydrogen-bond donors (Lipinski definition) is 1. The molecule has 0 amide bonds. The molecular formula is C22H16ClNO. The molecule has 0 aromatic heterocycles. The van der Waals surface area contributed by atoms with Crippen molar-refractivity contribution >= 4 is 23.0 Å². The van der Waals surface area contributed by atoms with E-state index in [2.05, 4.69) is 53.8 Å². The second kappa shape index (κ2) is 5.68. The fraction of sp³-hybridized carbons (Fsp3) is 0.0909. The molecule has 5 rings (SSSR count). The zero-order valence-corrected chi connectivity index (χ0v) is 14.3. The zero-order valence-electron chi connectivity index (χ0n) is 13.5. The van der Waals surface area contributed by atoms with Crippen LogP contribution in [-0.4, -0.2) is 6.61 Å². The van der Waals surface area contributed by atoms with Crippen molar-refractivity contribution < 1.29 is 4.74 Å². The molecule has 1 unspecified atom stereocenters. The fourth-order valence-corrected chi connectivity index (χ4v) is 3.99. The topological polar surface area (TPSA) is 21.3 Å². The molecule has 25 heavy (non-hydrogen) atoms. The van der Waals surface area contributed by atoms with Crippen LogP contribution in [0.5, 0.6) is 5.75 Å². The maximum absolute atomic E-state index is 6.31. The van der Waals surface area contributed by atoms with Gasteiger partial charge < -0.3 is 10.1 Å². The Kier molecular flexibility index (Phi) is 3.32. The van der Waals surface area contributed by atoms with Crippen LogP contribution in [0.4, 0.5) is 5.69 Å². The van der Waals surface area contributed by atoms with Crippen LogP contribution in [0.15, 0.2) is 78.4 Å². The molecule has 0 fully saturated rings. The lowest BCUT2D eigenvalue weighted by Crippen LogP contribution is -2.25. The van der Waals surface area contributed by atoms with Gasteiger partial charge in [-0.15, -0.1) is 0 Å². The SMILES string of the molecule is Clc1ccc2c(c1)C(c1ccccc1)C1=C(N2)c2ccccc2OC1. The van der Waals surface area contributed by atoms with Gasteiger partial charge in [0.05, 0.1) is 5.70 Å². The molecule has 0 spiro atoms. The molecule has 3 aromatic carbocycles. The minimum absolute atomic E-state index is 0.138. The Morgan fingerprint density at radius 3 is 2.60 bits per heavy atom. The van der Waals surface area contributed by atoms with E-state index in [4.69, 9.17) is 16.3 Å². The molecule has 0 radical (unpaired) electrons. The Morgan fingerprint density at radius 2 is 1.72 bits per heavy atom. The highest BCUT2D eigenvalue weighted by atomic mass is 35.5. The van der Waals surface area contributed by atoms with Gasteiger partial charge >= 0.3 is 0 Å². The van der Waals surface area contributed by atoms with Crippen molar-refractivity contribution in [2.24, 2.45) is 0 Å². The van der Waals surface area contributed by atoms with Gasteiger partial charge in [0.25, 0.3) is 0 Å². The van der Waals surface area contributed by atoms with E-state index in [9.17, 15) is 0 Å². The first-order chi connectivity index (χ1) is 12.3. The highest BCUT2D eigenvalue weighted by molar-refractivity contribution is 6.30. The van der Waals surface area contributed by atoms with Gasteiger partial charge in [0.1, 0.15) is 12.4 Å². The van der Waals surface area contributed by atoms with E-state index in [1.807, 2.05) is 24.3 Å². The van der Waals surface area contributed by atoms with Crippen LogP contribution < -0.4 is 10.1 Å². The van der Waals surface area contributed by atoms with E-state index >= 15 is 0 Å². The van der Waals surface area contributed by atoms with Gasteiger partial charge in [-0.3, -0.25) is 0 Å². The Bertz CT molecular complexity index is 994. The second-order valence-electron chi connectivity index (χ2n) is 6.39. The summed E-state index contributed by atoms with van der Waals surface area (Å²) in [6, 6.07) is 24.8. The molecule has 2 aliphatic heterocycles. The van der Waals surface area contributed by atoms with E-state index in [0.717, 1.165) is 27.7 Å². The van der Waals surface area contributed by atoms with Gasteiger partial charge in [-0.1, -0.05) is 54.1 Å². The molecular weight excluding hydrogens is 330 g/mol. The quantitative estimate of drug-likeness (QED) is 0.610. The molecule has 1 atom stereocenters. The number of para-hydroxylation sites is 1. The number of hydrogen-bond acceptors (Lipinski definition) is 2. The lowest BCUT2D eigenvalue weighted by Gasteiger charge is -2.35. The maximum atomic E-state index is 6.31. The zero-order chi connectivity index (χ0) is 16.8. The average molecular weight is 346 g/mol. The van der Waals surface area contributed by atoms with E-state index in [-0.39, 0.29) is 5.92 Å². The van der Waals surface area contributed by atoms with Gasteiger partial charge in [-0.05, 0) is 41.5 Å². The van der Waals surface area contributed by atoms with E-state index in [0.29, 0.717) is 6.61 Å². The summed E-state index contributed by atoms with van der Waals surface area (Å²) in [7, 11) is 0. The molecule has 2 heterocycles. The third kappa shape index (κ3) is 2.33. The van der Waals surface area contributed by atoms with Crippen LogP contribution >= 0.6 is 11.6 Å². The van der Waals surface area contributed by atoms with Gasteiger partial charge in [0, 0.05) is 27.8 Å². The first kappa shape index (κ1) is 14.6. The first-order valence-corrected chi connectivity index (χ1v) is 8.76. The van der Waals surface area contributed by atoms with Crippen molar-refractivity contribution in [1.29, 1.82) is 0 Å². The van der Waals surface area contributed by atoms with Crippen LogP contribution in [-0.2, 0) is 0 Å². The lowest BCUT2D eigenvalue weighted by atomic mass is 9.79. The van der Waals surface area contributed by atoms with Crippen molar-refractivity contribution in [3.8, 4) is 5.75 Å². The summed E-state index contributed by atoms with van der Waals surface area (Å²) < 4.78 is 6.06. The number of fused-ring (bicyclic) bond motifs is 3. The van der Waals surface area contributed by atoms with Gasteiger partial charge in [-0.25, -0.2) is 0 Å². The summed E-state index contributed by atoms with van der Waals surface area (Å²) in [5, 5.41) is 4.38. The molecule has 0 saturated carbocycles. The summed E-state index contributed by atoms with van der Waals surface area (Å²) in [5.74, 6) is 1.07. The van der Waals surface area contributed by atoms with Crippen LogP contribution in [0.3, 0.4) is 0 Å². The third-order valence-corrected chi connectivity index (χ3v) is 5.16. The number of nitrogens with one attached hydrogen (secondary N) is 1. The van der Waals surface area contributed by atoms with E-state index in [1.165, 1.54) is 16.7 Å². The van der Waals surface area contributed by atoms with Crippen molar-refractivity contribution in [1.82, 2.24) is 0 Å². The Hall–Kier alpha value is -2.71. The average Bonchev–Trinajstić information content (AvgIpc) is 2.67. The van der Waals surface area contributed by atoms with Crippen molar-refractivity contribution in [3.05, 3.63) is 100 Å². The normalized spacial score (nSPS) is 17.7. The predicted molar refractivity (Wildman–Crippen MR) is 102 cm³/mol. The highest BCUT2D eigenvalue weighted by Crippen LogP contribution is 2.48. The summed E-state index contributed by atoms with van der Waals surface area (Å²) >= 11 is 6.31. The van der Waals surface area contributed by atoms with Crippen LogP contribution in [0.25, 0.3) is 5.70 Å². The monoisotopic (exact) mass is 345 g/mol. The molecule has 0 aliphatic carbocycles. The number of halogens is 1. The van der Waals surface area contributed by atoms with E-state index < -0.39 is 0 Å². The lowest BCUT2D eigenvalue weighted by molar-refractivity contribution is 0.339. The van der Waals surface area contributed by atoms with Crippen LogP contribution in [0, 0.1) is 0 Å². The van der Waals surface area contributed by atoms with Crippen molar-refractivity contribution in [2.45, 2.75) is 5.92 Å². The minimum atomic E-state index is 0.138. The summed E-state index contributed by atoms with van der Waals surface area (Å²) in [5.41, 5.74) is 7.08. The predicted octanol–water partition coefficient (Wildman–Crippen LogP) is 5.70. The smallest absolute Gasteiger partial charge is 0.129 e. The number of anilines is 1. The van der Waals surface area contributed by atoms with Gasteiger partial charge in [0.15, 0.2) is 0 Å². The summed E-state index contributed by atoms with van der Waals surface area (Å²) in [6.07, 6.45) is 0. The molecule has 2 nitrogen and oxygen atoms in total. The molecule has 1 N–H and O–H groups in total. The first-order valence-electron chi connectivity index (χ1n) is 8.38. The number of rotatable bonds is 1. The third-order valence-electron chi connectivity index (χ3n) is 4.93. The molecule has 0 saturated heterocycles. The molecule has 3 aromatic rings. The highest BCUT2D eigenvalue weighted by Gasteiger charge is 2.33. The van der Waals surface area contributed by atoms with Gasteiger partial charge in [0.2, 0.25) is 0 Å². The molecule has 122 valence electrons. The summed E-state index contributed by atoms with van der Waals surface area (Å²) in [4.78, 5) is 0. The number of benzene rings is 3. The minimum Gasteiger partial charge on any atom is -0.488 e. The fourth-order valence-electron chi connectivity index (χ4n) is 3.81. The molecule has 3 heteroatoms. The van der Waals surface area contributed by atoms with Crippen molar-refractivity contribution in [3.63, 3.8) is 0 Å². The Morgan fingerprint density at radius 1 is 0.920 bits per heavy atom. The largest absolute Gasteiger partial charge is 0.488 e. The Labute approximate surface area is 151 Å². The standard InChI is InChI=1S/C22H16ClNO/c23-15-10-11-19-17(12-15)21(14-6-2-1-3-7-14)18-13-25-20-9-5-4-8-16(20)22(18)24-19/h1-12,21,24H,13H2. The molecule has 2 aliphatic rings.